The van der Waals surface area contributed by atoms with Crippen molar-refractivity contribution in [2.45, 2.75) is 30.7 Å². The van der Waals surface area contributed by atoms with Crippen molar-refractivity contribution in [3.05, 3.63) is 30.1 Å². The van der Waals surface area contributed by atoms with Crippen LogP contribution in [0.4, 0.5) is 4.39 Å². The highest BCUT2D eigenvalue weighted by molar-refractivity contribution is 7.99. The smallest absolute Gasteiger partial charge is 0.123 e. The Morgan fingerprint density at radius 3 is 2.69 bits per heavy atom. The van der Waals surface area contributed by atoms with Gasteiger partial charge in [0.1, 0.15) is 5.82 Å². The highest BCUT2D eigenvalue weighted by atomic mass is 32.2. The zero-order valence-electron chi connectivity index (χ0n) is 9.58. The molecule has 1 aliphatic rings. The van der Waals surface area contributed by atoms with Crippen LogP contribution in [0.25, 0.3) is 0 Å². The van der Waals surface area contributed by atoms with E-state index in [1.165, 1.54) is 25.0 Å². The van der Waals surface area contributed by atoms with Crippen LogP contribution in [0.5, 0.6) is 0 Å². The molecule has 1 aliphatic carbocycles. The number of hydrogen-bond acceptors (Lipinski definition) is 2. The molecular formula is C13H18FNS. The summed E-state index contributed by atoms with van der Waals surface area (Å²) in [6, 6.07) is 7.53. The SMILES string of the molecule is CC(CNC1CC1)CSc1ccc(F)cc1. The van der Waals surface area contributed by atoms with Crippen LogP contribution in [0, 0.1) is 11.7 Å². The summed E-state index contributed by atoms with van der Waals surface area (Å²) in [6.45, 7) is 3.35. The lowest BCUT2D eigenvalue weighted by molar-refractivity contribution is 0.556. The van der Waals surface area contributed by atoms with Gasteiger partial charge in [-0.2, -0.15) is 0 Å². The summed E-state index contributed by atoms with van der Waals surface area (Å²) < 4.78 is 12.7. The molecule has 1 saturated carbocycles. The molecule has 1 N–H and O–H groups in total. The Hall–Kier alpha value is -0.540. The molecule has 0 aromatic heterocycles. The molecule has 1 aromatic carbocycles. The van der Waals surface area contributed by atoms with Crippen LogP contribution in [0.15, 0.2) is 29.2 Å². The Labute approximate surface area is 101 Å². The molecule has 0 saturated heterocycles. The van der Waals surface area contributed by atoms with Crippen LogP contribution < -0.4 is 5.32 Å². The van der Waals surface area contributed by atoms with Gasteiger partial charge >= 0.3 is 0 Å². The first-order valence-electron chi connectivity index (χ1n) is 5.86. The minimum Gasteiger partial charge on any atom is -0.314 e. The molecule has 88 valence electrons. The van der Waals surface area contributed by atoms with Gasteiger partial charge < -0.3 is 5.32 Å². The quantitative estimate of drug-likeness (QED) is 0.764. The largest absolute Gasteiger partial charge is 0.314 e. The summed E-state index contributed by atoms with van der Waals surface area (Å²) in [5.41, 5.74) is 0. The molecule has 0 spiro atoms. The van der Waals surface area contributed by atoms with Crippen molar-refractivity contribution >= 4 is 11.8 Å². The van der Waals surface area contributed by atoms with Gasteiger partial charge in [0, 0.05) is 16.7 Å². The van der Waals surface area contributed by atoms with Crippen molar-refractivity contribution in [3.8, 4) is 0 Å². The summed E-state index contributed by atoms with van der Waals surface area (Å²) in [6.07, 6.45) is 2.69. The van der Waals surface area contributed by atoms with E-state index >= 15 is 0 Å². The molecular weight excluding hydrogens is 221 g/mol. The maximum absolute atomic E-state index is 12.7. The lowest BCUT2D eigenvalue weighted by atomic mass is 10.2. The van der Waals surface area contributed by atoms with E-state index in [1.54, 1.807) is 11.8 Å². The third kappa shape index (κ3) is 4.14. The molecule has 1 nitrogen and oxygen atoms in total. The normalized spacial score (nSPS) is 17.4. The van der Waals surface area contributed by atoms with Crippen LogP contribution in [-0.4, -0.2) is 18.3 Å². The van der Waals surface area contributed by atoms with E-state index in [9.17, 15) is 4.39 Å². The topological polar surface area (TPSA) is 12.0 Å². The fourth-order valence-electron chi connectivity index (χ4n) is 1.48. The number of benzene rings is 1. The van der Waals surface area contributed by atoms with E-state index in [-0.39, 0.29) is 5.82 Å². The Bertz CT molecular complexity index is 321. The van der Waals surface area contributed by atoms with Gasteiger partial charge in [-0.15, -0.1) is 11.8 Å². The van der Waals surface area contributed by atoms with Crippen LogP contribution in [0.3, 0.4) is 0 Å². The van der Waals surface area contributed by atoms with E-state index in [0.29, 0.717) is 5.92 Å². The van der Waals surface area contributed by atoms with Gasteiger partial charge in [0.15, 0.2) is 0 Å². The van der Waals surface area contributed by atoms with Crippen molar-refractivity contribution in [1.82, 2.24) is 5.32 Å². The minimum atomic E-state index is -0.159. The average molecular weight is 239 g/mol. The number of nitrogens with one attached hydrogen (secondary N) is 1. The fourth-order valence-corrected chi connectivity index (χ4v) is 2.41. The van der Waals surface area contributed by atoms with E-state index in [4.69, 9.17) is 0 Å². The monoisotopic (exact) mass is 239 g/mol. The standard InChI is InChI=1S/C13H18FNS/c1-10(8-15-12-4-5-12)9-16-13-6-2-11(14)3-7-13/h2-3,6-7,10,12,15H,4-5,8-9H2,1H3. The van der Waals surface area contributed by atoms with E-state index in [2.05, 4.69) is 12.2 Å². The molecule has 0 radical (unpaired) electrons. The molecule has 1 unspecified atom stereocenters. The highest BCUT2D eigenvalue weighted by Gasteiger charge is 2.20. The molecule has 3 heteroatoms. The lowest BCUT2D eigenvalue weighted by Crippen LogP contribution is -2.24. The summed E-state index contributed by atoms with van der Waals surface area (Å²) in [7, 11) is 0. The highest BCUT2D eigenvalue weighted by Crippen LogP contribution is 2.22. The fraction of sp³-hybridized carbons (Fsp3) is 0.538. The molecule has 0 aliphatic heterocycles. The number of rotatable bonds is 6. The Morgan fingerprint density at radius 2 is 2.06 bits per heavy atom. The van der Waals surface area contributed by atoms with Crippen LogP contribution >= 0.6 is 11.8 Å². The average Bonchev–Trinajstić information content (AvgIpc) is 3.09. The summed E-state index contributed by atoms with van der Waals surface area (Å²) in [5.74, 6) is 1.59. The Kier molecular flexibility index (Phi) is 4.24. The van der Waals surface area contributed by atoms with Crippen molar-refractivity contribution in [2.24, 2.45) is 5.92 Å². The molecule has 0 heterocycles. The zero-order valence-corrected chi connectivity index (χ0v) is 10.4. The van der Waals surface area contributed by atoms with Crippen LogP contribution in [0.1, 0.15) is 19.8 Å². The zero-order chi connectivity index (χ0) is 11.4. The van der Waals surface area contributed by atoms with Gasteiger partial charge in [0.05, 0.1) is 0 Å². The molecule has 1 atom stereocenters. The van der Waals surface area contributed by atoms with Gasteiger partial charge in [-0.3, -0.25) is 0 Å². The van der Waals surface area contributed by atoms with E-state index < -0.39 is 0 Å². The Balaban J connectivity index is 1.67. The summed E-state index contributed by atoms with van der Waals surface area (Å²) >= 11 is 1.80. The number of hydrogen-bond donors (Lipinski definition) is 1. The molecule has 0 amide bonds. The number of halogens is 1. The first kappa shape index (κ1) is 11.9. The minimum absolute atomic E-state index is 0.159. The second-order valence-electron chi connectivity index (χ2n) is 4.55. The third-order valence-corrected chi connectivity index (χ3v) is 4.02. The van der Waals surface area contributed by atoms with Gasteiger partial charge in [0.25, 0.3) is 0 Å². The number of thioether (sulfide) groups is 1. The van der Waals surface area contributed by atoms with Gasteiger partial charge in [-0.05, 0) is 49.6 Å². The van der Waals surface area contributed by atoms with Gasteiger partial charge in [-0.25, -0.2) is 4.39 Å². The molecule has 16 heavy (non-hydrogen) atoms. The summed E-state index contributed by atoms with van der Waals surface area (Å²) in [4.78, 5) is 1.15. The molecule has 0 bridgehead atoms. The maximum atomic E-state index is 12.7. The van der Waals surface area contributed by atoms with Gasteiger partial charge in [-0.1, -0.05) is 6.92 Å². The molecule has 1 aromatic rings. The van der Waals surface area contributed by atoms with Gasteiger partial charge in [0.2, 0.25) is 0 Å². The van der Waals surface area contributed by atoms with Crippen molar-refractivity contribution in [3.63, 3.8) is 0 Å². The Morgan fingerprint density at radius 1 is 1.38 bits per heavy atom. The first-order valence-corrected chi connectivity index (χ1v) is 6.84. The predicted octanol–water partition coefficient (Wildman–Crippen LogP) is 3.31. The van der Waals surface area contributed by atoms with Crippen molar-refractivity contribution in [2.75, 3.05) is 12.3 Å². The van der Waals surface area contributed by atoms with Crippen molar-refractivity contribution < 1.29 is 4.39 Å². The van der Waals surface area contributed by atoms with Crippen LogP contribution in [-0.2, 0) is 0 Å². The van der Waals surface area contributed by atoms with E-state index in [0.717, 1.165) is 23.2 Å². The van der Waals surface area contributed by atoms with Crippen molar-refractivity contribution in [1.29, 1.82) is 0 Å². The summed E-state index contributed by atoms with van der Waals surface area (Å²) in [5, 5.41) is 3.53. The van der Waals surface area contributed by atoms with E-state index in [1.807, 2.05) is 12.1 Å². The third-order valence-electron chi connectivity index (χ3n) is 2.68. The molecule has 1 fully saturated rings. The lowest BCUT2D eigenvalue weighted by Gasteiger charge is -2.11. The molecule has 2 rings (SSSR count). The second kappa shape index (κ2) is 5.69. The van der Waals surface area contributed by atoms with Crippen LogP contribution in [0.2, 0.25) is 0 Å². The predicted molar refractivity (Wildman–Crippen MR) is 67.3 cm³/mol. The first-order chi connectivity index (χ1) is 7.74. The second-order valence-corrected chi connectivity index (χ2v) is 5.65. The maximum Gasteiger partial charge on any atom is 0.123 e.